The van der Waals surface area contributed by atoms with Gasteiger partial charge in [0, 0.05) is 5.39 Å². The summed E-state index contributed by atoms with van der Waals surface area (Å²) in [4.78, 5) is 12.8. The molecule has 0 atom stereocenters. The Morgan fingerprint density at radius 1 is 0.957 bits per heavy atom. The SMILES string of the molecule is Cc1c(-c2ccccc2)n(C(=O)OC(C)(C)C)c2ccccc12. The van der Waals surface area contributed by atoms with Gasteiger partial charge in [-0.15, -0.1) is 0 Å². The Balaban J connectivity index is 2.28. The lowest BCUT2D eigenvalue weighted by atomic mass is 10.1. The first kappa shape index (κ1) is 15.3. The van der Waals surface area contributed by atoms with Crippen molar-refractivity contribution in [1.29, 1.82) is 0 Å². The monoisotopic (exact) mass is 307 g/mol. The van der Waals surface area contributed by atoms with Crippen molar-refractivity contribution in [2.24, 2.45) is 0 Å². The molecule has 0 bridgehead atoms. The number of aryl methyl sites for hydroxylation is 1. The number of rotatable bonds is 1. The summed E-state index contributed by atoms with van der Waals surface area (Å²) < 4.78 is 7.32. The summed E-state index contributed by atoms with van der Waals surface area (Å²) in [6, 6.07) is 17.9. The summed E-state index contributed by atoms with van der Waals surface area (Å²) in [5.74, 6) is 0. The molecule has 1 heterocycles. The molecule has 0 spiro atoms. The highest BCUT2D eigenvalue weighted by Gasteiger charge is 2.24. The molecule has 1 aromatic heterocycles. The predicted molar refractivity (Wildman–Crippen MR) is 93.7 cm³/mol. The van der Waals surface area contributed by atoms with E-state index in [4.69, 9.17) is 4.74 Å². The van der Waals surface area contributed by atoms with Gasteiger partial charge < -0.3 is 4.74 Å². The van der Waals surface area contributed by atoms with E-state index in [-0.39, 0.29) is 6.09 Å². The van der Waals surface area contributed by atoms with Crippen LogP contribution in [0.3, 0.4) is 0 Å². The van der Waals surface area contributed by atoms with E-state index < -0.39 is 5.60 Å². The van der Waals surface area contributed by atoms with E-state index in [1.807, 2.05) is 82.3 Å². The van der Waals surface area contributed by atoms with Crippen LogP contribution in [0.4, 0.5) is 4.79 Å². The van der Waals surface area contributed by atoms with Gasteiger partial charge in [0.15, 0.2) is 0 Å². The van der Waals surface area contributed by atoms with E-state index in [1.54, 1.807) is 4.57 Å². The minimum atomic E-state index is -0.537. The normalized spacial score (nSPS) is 11.7. The molecule has 0 N–H and O–H groups in total. The third kappa shape index (κ3) is 2.87. The van der Waals surface area contributed by atoms with Crippen molar-refractivity contribution in [3.8, 4) is 11.3 Å². The van der Waals surface area contributed by atoms with Crippen LogP contribution in [0.1, 0.15) is 26.3 Å². The molecule has 3 rings (SSSR count). The Kier molecular flexibility index (Phi) is 3.72. The summed E-state index contributed by atoms with van der Waals surface area (Å²) >= 11 is 0. The maximum atomic E-state index is 12.8. The van der Waals surface area contributed by atoms with E-state index >= 15 is 0 Å². The molecule has 0 aliphatic carbocycles. The molecule has 0 unspecified atom stereocenters. The second-order valence-electron chi connectivity index (χ2n) is 6.67. The third-order valence-electron chi connectivity index (χ3n) is 3.75. The maximum Gasteiger partial charge on any atom is 0.419 e. The standard InChI is InChI=1S/C20H21NO2/c1-14-16-12-8-9-13-17(16)21(19(22)23-20(2,3)4)18(14)15-10-6-5-7-11-15/h5-13H,1-4H3. The van der Waals surface area contributed by atoms with Gasteiger partial charge in [-0.25, -0.2) is 9.36 Å². The van der Waals surface area contributed by atoms with Crippen LogP contribution in [0.25, 0.3) is 22.2 Å². The van der Waals surface area contributed by atoms with E-state index in [2.05, 4.69) is 0 Å². The first-order chi connectivity index (χ1) is 10.9. The van der Waals surface area contributed by atoms with Crippen LogP contribution in [-0.4, -0.2) is 16.3 Å². The van der Waals surface area contributed by atoms with E-state index in [0.717, 1.165) is 27.7 Å². The zero-order chi connectivity index (χ0) is 16.6. The minimum Gasteiger partial charge on any atom is -0.443 e. The molecule has 0 saturated heterocycles. The van der Waals surface area contributed by atoms with Crippen LogP contribution >= 0.6 is 0 Å². The van der Waals surface area contributed by atoms with Crippen molar-refractivity contribution in [3.05, 3.63) is 60.2 Å². The average Bonchev–Trinajstić information content (AvgIpc) is 2.80. The van der Waals surface area contributed by atoms with Crippen LogP contribution in [-0.2, 0) is 4.74 Å². The molecular weight excluding hydrogens is 286 g/mol. The van der Waals surface area contributed by atoms with E-state index in [1.165, 1.54) is 0 Å². The summed E-state index contributed by atoms with van der Waals surface area (Å²) in [7, 11) is 0. The number of nitrogens with zero attached hydrogens (tertiary/aromatic N) is 1. The summed E-state index contributed by atoms with van der Waals surface area (Å²) in [5.41, 5.74) is 3.31. The first-order valence-corrected chi connectivity index (χ1v) is 7.77. The van der Waals surface area contributed by atoms with E-state index in [9.17, 15) is 4.79 Å². The Labute approximate surface area is 136 Å². The molecule has 0 saturated carbocycles. The molecular formula is C20H21NO2. The molecule has 0 aliphatic rings. The molecule has 0 aliphatic heterocycles. The lowest BCUT2D eigenvalue weighted by Gasteiger charge is -2.21. The highest BCUT2D eigenvalue weighted by molar-refractivity contribution is 5.99. The molecule has 0 amide bonds. The van der Waals surface area contributed by atoms with Crippen LogP contribution in [0.15, 0.2) is 54.6 Å². The van der Waals surface area contributed by atoms with Crippen LogP contribution in [0, 0.1) is 6.92 Å². The molecule has 2 aromatic carbocycles. The van der Waals surface area contributed by atoms with Crippen molar-refractivity contribution in [2.45, 2.75) is 33.3 Å². The molecule has 0 fully saturated rings. The fraction of sp³-hybridized carbons (Fsp3) is 0.250. The molecule has 118 valence electrons. The largest absolute Gasteiger partial charge is 0.443 e. The Hall–Kier alpha value is -2.55. The molecule has 0 radical (unpaired) electrons. The number of hydrogen-bond donors (Lipinski definition) is 0. The summed E-state index contributed by atoms with van der Waals surface area (Å²) in [6.07, 6.45) is -0.347. The van der Waals surface area contributed by atoms with Crippen molar-refractivity contribution in [3.63, 3.8) is 0 Å². The molecule has 3 heteroatoms. The quantitative estimate of drug-likeness (QED) is 0.602. The fourth-order valence-electron chi connectivity index (χ4n) is 2.84. The van der Waals surface area contributed by atoms with Crippen molar-refractivity contribution in [1.82, 2.24) is 4.57 Å². The number of carbonyl (C=O) groups excluding carboxylic acids is 1. The van der Waals surface area contributed by atoms with Gasteiger partial charge in [0.05, 0.1) is 11.2 Å². The van der Waals surface area contributed by atoms with Crippen LogP contribution < -0.4 is 0 Å². The lowest BCUT2D eigenvalue weighted by Crippen LogP contribution is -2.27. The fourth-order valence-corrected chi connectivity index (χ4v) is 2.84. The number of fused-ring (bicyclic) bond motifs is 1. The van der Waals surface area contributed by atoms with Crippen molar-refractivity contribution >= 4 is 17.0 Å². The van der Waals surface area contributed by atoms with Gasteiger partial charge in [0.1, 0.15) is 5.60 Å². The zero-order valence-corrected chi connectivity index (χ0v) is 14.0. The van der Waals surface area contributed by atoms with Crippen molar-refractivity contribution < 1.29 is 9.53 Å². The minimum absolute atomic E-state index is 0.347. The van der Waals surface area contributed by atoms with Gasteiger partial charge in [-0.2, -0.15) is 0 Å². The van der Waals surface area contributed by atoms with Gasteiger partial charge in [0.25, 0.3) is 0 Å². The van der Waals surface area contributed by atoms with Gasteiger partial charge in [-0.3, -0.25) is 0 Å². The Bertz CT molecular complexity index is 854. The summed E-state index contributed by atoms with van der Waals surface area (Å²) in [5, 5.41) is 1.07. The number of benzene rings is 2. The van der Waals surface area contributed by atoms with Crippen LogP contribution in [0.2, 0.25) is 0 Å². The average molecular weight is 307 g/mol. The number of hydrogen-bond acceptors (Lipinski definition) is 2. The van der Waals surface area contributed by atoms with Gasteiger partial charge in [-0.1, -0.05) is 48.5 Å². The molecule has 3 nitrogen and oxygen atoms in total. The van der Waals surface area contributed by atoms with Crippen LogP contribution in [0.5, 0.6) is 0 Å². The second-order valence-corrected chi connectivity index (χ2v) is 6.67. The summed E-state index contributed by atoms with van der Waals surface area (Å²) in [6.45, 7) is 7.69. The number of ether oxygens (including phenoxy) is 1. The smallest absolute Gasteiger partial charge is 0.419 e. The molecule has 3 aromatic rings. The maximum absolute atomic E-state index is 12.8. The van der Waals surface area contributed by atoms with Gasteiger partial charge in [0.2, 0.25) is 0 Å². The third-order valence-corrected chi connectivity index (χ3v) is 3.75. The van der Waals surface area contributed by atoms with Gasteiger partial charge in [-0.05, 0) is 44.9 Å². The lowest BCUT2D eigenvalue weighted by molar-refractivity contribution is 0.0547. The highest BCUT2D eigenvalue weighted by Crippen LogP contribution is 2.33. The number of para-hydroxylation sites is 1. The number of aromatic nitrogens is 1. The number of carbonyl (C=O) groups is 1. The Morgan fingerprint density at radius 2 is 1.57 bits per heavy atom. The Morgan fingerprint density at radius 3 is 2.22 bits per heavy atom. The molecule has 23 heavy (non-hydrogen) atoms. The topological polar surface area (TPSA) is 31.2 Å². The first-order valence-electron chi connectivity index (χ1n) is 7.77. The van der Waals surface area contributed by atoms with E-state index in [0.29, 0.717) is 0 Å². The van der Waals surface area contributed by atoms with Gasteiger partial charge >= 0.3 is 6.09 Å². The second kappa shape index (κ2) is 5.58. The van der Waals surface area contributed by atoms with Crippen molar-refractivity contribution in [2.75, 3.05) is 0 Å². The zero-order valence-electron chi connectivity index (χ0n) is 14.0. The predicted octanol–water partition coefficient (Wildman–Crippen LogP) is 5.40. The highest BCUT2D eigenvalue weighted by atomic mass is 16.6.